The molecule has 0 N–H and O–H groups in total. The molecule has 2 aromatic carbocycles. The molecular weight excluding hydrogens is 330 g/mol. The normalized spacial score (nSPS) is 15.3. The summed E-state index contributed by atoms with van der Waals surface area (Å²) in [5.74, 6) is 2.72. The number of benzene rings is 2. The largest absolute Gasteiger partial charge is 0.402 e. The molecule has 0 radical (unpaired) electrons. The maximum absolute atomic E-state index is 6.71. The van der Waals surface area contributed by atoms with E-state index in [1.165, 1.54) is 71.5 Å². The zero-order chi connectivity index (χ0) is 19.0. The van der Waals surface area contributed by atoms with Crippen LogP contribution in [0, 0.1) is 27.7 Å². The van der Waals surface area contributed by atoms with Crippen LogP contribution in [-0.2, 0) is 0 Å². The third-order valence-corrected chi connectivity index (χ3v) is 6.13. The van der Waals surface area contributed by atoms with E-state index in [9.17, 15) is 0 Å². The molecule has 0 unspecified atom stereocenters. The van der Waals surface area contributed by atoms with E-state index in [2.05, 4.69) is 74.7 Å². The number of para-hydroxylation sites is 1. The van der Waals surface area contributed by atoms with Crippen LogP contribution in [0.4, 0.5) is 0 Å². The highest BCUT2D eigenvalue weighted by molar-refractivity contribution is 5.62. The standard InChI is InChI=1S/C25H30NO/c1-17-11-8-9-16-22(17)26-20(4)24(21-14-6-5-7-15-21)27-25(26)23-18(2)12-10-13-19(23)3/h8-13,16,21H,5-7,14-15H2,1-4H3/q+1. The predicted molar refractivity (Wildman–Crippen MR) is 110 cm³/mol. The Balaban J connectivity index is 1.98. The highest BCUT2D eigenvalue weighted by atomic mass is 16.4. The first kappa shape index (κ1) is 18.0. The Morgan fingerprint density at radius 2 is 1.41 bits per heavy atom. The monoisotopic (exact) mass is 360 g/mol. The second-order valence-electron chi connectivity index (χ2n) is 8.08. The van der Waals surface area contributed by atoms with E-state index < -0.39 is 0 Å². The van der Waals surface area contributed by atoms with E-state index in [0.717, 1.165) is 5.89 Å². The lowest BCUT2D eigenvalue weighted by molar-refractivity contribution is -0.593. The summed E-state index contributed by atoms with van der Waals surface area (Å²) in [5, 5.41) is 0. The average Bonchev–Trinajstić information content (AvgIpc) is 3.00. The van der Waals surface area contributed by atoms with Crippen LogP contribution >= 0.6 is 0 Å². The summed E-state index contributed by atoms with van der Waals surface area (Å²) < 4.78 is 9.06. The van der Waals surface area contributed by atoms with Gasteiger partial charge in [-0.25, -0.2) is 0 Å². The van der Waals surface area contributed by atoms with E-state index in [1.807, 2.05) is 0 Å². The zero-order valence-corrected chi connectivity index (χ0v) is 17.0. The molecule has 140 valence electrons. The van der Waals surface area contributed by atoms with Gasteiger partial charge < -0.3 is 4.42 Å². The molecule has 0 aliphatic heterocycles. The van der Waals surface area contributed by atoms with Crippen LogP contribution < -0.4 is 4.57 Å². The molecule has 1 saturated carbocycles. The van der Waals surface area contributed by atoms with Gasteiger partial charge in [0.1, 0.15) is 0 Å². The Morgan fingerprint density at radius 3 is 2.07 bits per heavy atom. The molecule has 27 heavy (non-hydrogen) atoms. The summed E-state index contributed by atoms with van der Waals surface area (Å²) in [6.45, 7) is 8.78. The van der Waals surface area contributed by atoms with Gasteiger partial charge in [0.25, 0.3) is 0 Å². The van der Waals surface area contributed by atoms with Crippen molar-refractivity contribution in [3.05, 3.63) is 70.6 Å². The minimum absolute atomic E-state index is 0.548. The topological polar surface area (TPSA) is 17.0 Å². The van der Waals surface area contributed by atoms with Gasteiger partial charge in [0.2, 0.25) is 11.4 Å². The lowest BCUT2D eigenvalue weighted by Gasteiger charge is -2.18. The lowest BCUT2D eigenvalue weighted by Crippen LogP contribution is -2.35. The molecule has 0 bridgehead atoms. The lowest BCUT2D eigenvalue weighted by atomic mass is 9.87. The fraction of sp³-hybridized carbons (Fsp3) is 0.400. The third-order valence-electron chi connectivity index (χ3n) is 6.13. The first-order chi connectivity index (χ1) is 13.1. The first-order valence-electron chi connectivity index (χ1n) is 10.3. The molecule has 0 amide bonds. The van der Waals surface area contributed by atoms with Gasteiger partial charge in [-0.2, -0.15) is 0 Å². The van der Waals surface area contributed by atoms with Crippen molar-refractivity contribution < 1.29 is 8.98 Å². The fourth-order valence-corrected chi connectivity index (χ4v) is 4.65. The van der Waals surface area contributed by atoms with Crippen molar-refractivity contribution >= 4 is 0 Å². The summed E-state index contributed by atoms with van der Waals surface area (Å²) in [4.78, 5) is 0. The molecule has 1 aromatic heterocycles. The van der Waals surface area contributed by atoms with Crippen LogP contribution in [0.1, 0.15) is 66.2 Å². The molecule has 0 spiro atoms. The Morgan fingerprint density at radius 1 is 0.778 bits per heavy atom. The van der Waals surface area contributed by atoms with Crippen molar-refractivity contribution in [1.82, 2.24) is 0 Å². The van der Waals surface area contributed by atoms with Crippen LogP contribution in [0.5, 0.6) is 0 Å². The van der Waals surface area contributed by atoms with E-state index in [1.54, 1.807) is 0 Å². The Labute approximate surface area is 162 Å². The van der Waals surface area contributed by atoms with E-state index in [-0.39, 0.29) is 0 Å². The van der Waals surface area contributed by atoms with E-state index >= 15 is 0 Å². The quantitative estimate of drug-likeness (QED) is 0.487. The summed E-state index contributed by atoms with van der Waals surface area (Å²) >= 11 is 0. The van der Waals surface area contributed by atoms with Crippen molar-refractivity contribution in [2.75, 3.05) is 0 Å². The molecule has 1 aliphatic carbocycles. The molecule has 3 aromatic rings. The van der Waals surface area contributed by atoms with Gasteiger partial charge in [0, 0.05) is 24.5 Å². The van der Waals surface area contributed by atoms with Crippen LogP contribution in [0.3, 0.4) is 0 Å². The van der Waals surface area contributed by atoms with E-state index in [4.69, 9.17) is 4.42 Å². The summed E-state index contributed by atoms with van der Waals surface area (Å²) in [7, 11) is 0. The van der Waals surface area contributed by atoms with Crippen molar-refractivity contribution in [1.29, 1.82) is 0 Å². The highest BCUT2D eigenvalue weighted by Crippen LogP contribution is 2.37. The molecule has 4 rings (SSSR count). The number of rotatable bonds is 3. The van der Waals surface area contributed by atoms with Crippen molar-refractivity contribution in [3.63, 3.8) is 0 Å². The number of aromatic nitrogens is 1. The van der Waals surface area contributed by atoms with Crippen LogP contribution in [0.15, 0.2) is 46.9 Å². The number of nitrogens with zero attached hydrogens (tertiary/aromatic N) is 1. The number of hydrogen-bond donors (Lipinski definition) is 0. The van der Waals surface area contributed by atoms with Gasteiger partial charge >= 0.3 is 5.89 Å². The Bertz CT molecular complexity index is 940. The fourth-order valence-electron chi connectivity index (χ4n) is 4.65. The van der Waals surface area contributed by atoms with Gasteiger partial charge in [-0.05, 0) is 44.7 Å². The minimum atomic E-state index is 0.548. The maximum Gasteiger partial charge on any atom is 0.387 e. The third kappa shape index (κ3) is 3.22. The second kappa shape index (κ2) is 7.34. The highest BCUT2D eigenvalue weighted by Gasteiger charge is 2.35. The molecule has 0 saturated heterocycles. The number of hydrogen-bond acceptors (Lipinski definition) is 1. The number of aryl methyl sites for hydroxylation is 3. The molecule has 2 nitrogen and oxygen atoms in total. The smallest absolute Gasteiger partial charge is 0.387 e. The zero-order valence-electron chi connectivity index (χ0n) is 17.0. The molecule has 0 atom stereocenters. The molecule has 1 fully saturated rings. The predicted octanol–water partition coefficient (Wildman–Crippen LogP) is 6.50. The first-order valence-corrected chi connectivity index (χ1v) is 10.3. The SMILES string of the molecule is Cc1ccccc1-[n+]1c(-c2c(C)cccc2C)oc(C2CCCCC2)c1C. The van der Waals surface area contributed by atoms with Crippen LogP contribution in [-0.4, -0.2) is 0 Å². The summed E-state index contributed by atoms with van der Waals surface area (Å²) in [6.07, 6.45) is 6.47. The average molecular weight is 361 g/mol. The van der Waals surface area contributed by atoms with Gasteiger partial charge in [-0.15, -0.1) is 4.57 Å². The summed E-state index contributed by atoms with van der Waals surface area (Å²) in [6, 6.07) is 15.1. The van der Waals surface area contributed by atoms with Crippen molar-refractivity contribution in [3.8, 4) is 17.1 Å². The number of oxazole rings is 1. The van der Waals surface area contributed by atoms with Gasteiger partial charge in [0.05, 0.1) is 5.56 Å². The van der Waals surface area contributed by atoms with Gasteiger partial charge in [-0.3, -0.25) is 0 Å². The molecule has 1 aliphatic rings. The van der Waals surface area contributed by atoms with Gasteiger partial charge in [0.15, 0.2) is 5.76 Å². The van der Waals surface area contributed by atoms with Gasteiger partial charge in [-0.1, -0.05) is 55.7 Å². The van der Waals surface area contributed by atoms with Crippen molar-refractivity contribution in [2.45, 2.75) is 65.7 Å². The second-order valence-corrected chi connectivity index (χ2v) is 8.08. The van der Waals surface area contributed by atoms with Crippen LogP contribution in [0.25, 0.3) is 17.1 Å². The Hall–Kier alpha value is -2.35. The van der Waals surface area contributed by atoms with Crippen LogP contribution in [0.2, 0.25) is 0 Å². The molecule has 2 heteroatoms. The minimum Gasteiger partial charge on any atom is -0.402 e. The summed E-state index contributed by atoms with van der Waals surface area (Å²) in [5.41, 5.74) is 7.51. The van der Waals surface area contributed by atoms with E-state index in [0.29, 0.717) is 5.92 Å². The maximum atomic E-state index is 6.71. The Kier molecular flexibility index (Phi) is 4.90. The molecule has 1 heterocycles. The van der Waals surface area contributed by atoms with Crippen molar-refractivity contribution in [2.24, 2.45) is 0 Å². The molecular formula is C25H30NO+.